The third-order valence-corrected chi connectivity index (χ3v) is 5.10. The Morgan fingerprint density at radius 3 is 2.81 bits per heavy atom. The highest BCUT2D eigenvalue weighted by molar-refractivity contribution is 7.98. The minimum atomic E-state index is -0.183. The van der Waals surface area contributed by atoms with Gasteiger partial charge in [0.25, 0.3) is 5.56 Å². The Kier molecular flexibility index (Phi) is 4.44. The molecular formula is C17H13ClN6OS. The van der Waals surface area contributed by atoms with E-state index < -0.39 is 0 Å². The summed E-state index contributed by atoms with van der Waals surface area (Å²) in [6, 6.07) is 8.79. The van der Waals surface area contributed by atoms with E-state index in [1.54, 1.807) is 30.6 Å². The van der Waals surface area contributed by atoms with Crippen LogP contribution in [0.2, 0.25) is 5.02 Å². The van der Waals surface area contributed by atoms with E-state index in [0.29, 0.717) is 27.5 Å². The van der Waals surface area contributed by atoms with E-state index in [2.05, 4.69) is 25.1 Å². The normalized spacial score (nSPS) is 11.2. The van der Waals surface area contributed by atoms with Crippen LogP contribution in [0.15, 0.2) is 52.7 Å². The van der Waals surface area contributed by atoms with Gasteiger partial charge in [0.1, 0.15) is 5.82 Å². The quantitative estimate of drug-likeness (QED) is 0.544. The van der Waals surface area contributed by atoms with Gasteiger partial charge in [-0.1, -0.05) is 23.4 Å². The summed E-state index contributed by atoms with van der Waals surface area (Å²) in [5.74, 6) is 1.77. The lowest BCUT2D eigenvalue weighted by atomic mass is 10.2. The maximum Gasteiger partial charge on any atom is 0.258 e. The number of aromatic nitrogens is 6. The molecule has 0 aliphatic rings. The van der Waals surface area contributed by atoms with Gasteiger partial charge in [-0.25, -0.2) is 4.98 Å². The molecule has 9 heteroatoms. The SMILES string of the molecule is Cn1c(SCc2nc3cc(Cl)ccc3c(=O)[nH]2)nnc1-c1ccncc1. The number of hydrogen-bond acceptors (Lipinski definition) is 6. The molecule has 130 valence electrons. The van der Waals surface area contributed by atoms with E-state index in [9.17, 15) is 4.79 Å². The van der Waals surface area contributed by atoms with Crippen molar-refractivity contribution in [3.63, 3.8) is 0 Å². The average molecular weight is 385 g/mol. The summed E-state index contributed by atoms with van der Waals surface area (Å²) in [4.78, 5) is 23.5. The summed E-state index contributed by atoms with van der Waals surface area (Å²) in [6.07, 6.45) is 3.43. The lowest BCUT2D eigenvalue weighted by Gasteiger charge is -2.05. The van der Waals surface area contributed by atoms with Crippen LogP contribution >= 0.6 is 23.4 Å². The molecule has 0 saturated heterocycles. The van der Waals surface area contributed by atoms with Crippen LogP contribution in [0.1, 0.15) is 5.82 Å². The molecule has 7 nitrogen and oxygen atoms in total. The van der Waals surface area contributed by atoms with Crippen LogP contribution in [0.25, 0.3) is 22.3 Å². The van der Waals surface area contributed by atoms with Crippen LogP contribution in [0, 0.1) is 0 Å². The first kappa shape index (κ1) is 16.7. The van der Waals surface area contributed by atoms with Gasteiger partial charge >= 0.3 is 0 Å². The highest BCUT2D eigenvalue weighted by atomic mass is 35.5. The number of halogens is 1. The Balaban J connectivity index is 1.59. The van der Waals surface area contributed by atoms with Crippen molar-refractivity contribution in [3.8, 4) is 11.4 Å². The van der Waals surface area contributed by atoms with Gasteiger partial charge in [0, 0.05) is 30.0 Å². The Hall–Kier alpha value is -2.71. The second-order valence-electron chi connectivity index (χ2n) is 5.56. The van der Waals surface area contributed by atoms with Crippen LogP contribution in [0.4, 0.5) is 0 Å². The van der Waals surface area contributed by atoms with E-state index in [-0.39, 0.29) is 5.56 Å². The van der Waals surface area contributed by atoms with Gasteiger partial charge in [0.05, 0.1) is 16.7 Å². The third kappa shape index (κ3) is 3.21. The minimum Gasteiger partial charge on any atom is -0.309 e. The molecule has 3 aromatic heterocycles. The molecule has 0 aliphatic heterocycles. The van der Waals surface area contributed by atoms with Gasteiger partial charge in [-0.05, 0) is 30.3 Å². The molecule has 1 N–H and O–H groups in total. The van der Waals surface area contributed by atoms with E-state index in [1.807, 2.05) is 23.7 Å². The lowest BCUT2D eigenvalue weighted by molar-refractivity contribution is 0.792. The largest absolute Gasteiger partial charge is 0.309 e. The highest BCUT2D eigenvalue weighted by Crippen LogP contribution is 2.24. The molecule has 0 fully saturated rings. The predicted molar refractivity (Wildman–Crippen MR) is 101 cm³/mol. The number of thioether (sulfide) groups is 1. The number of fused-ring (bicyclic) bond motifs is 1. The molecule has 26 heavy (non-hydrogen) atoms. The summed E-state index contributed by atoms with van der Waals surface area (Å²) in [5, 5.41) is 10.2. The number of nitrogens with one attached hydrogen (secondary N) is 1. The molecule has 0 saturated carbocycles. The molecular weight excluding hydrogens is 372 g/mol. The van der Waals surface area contributed by atoms with E-state index >= 15 is 0 Å². The van der Waals surface area contributed by atoms with Crippen LogP contribution in [-0.2, 0) is 12.8 Å². The molecule has 3 heterocycles. The Morgan fingerprint density at radius 1 is 1.19 bits per heavy atom. The second kappa shape index (κ2) is 6.89. The van der Waals surface area contributed by atoms with Gasteiger partial charge in [-0.3, -0.25) is 9.78 Å². The monoisotopic (exact) mass is 384 g/mol. The fourth-order valence-corrected chi connectivity index (χ4v) is 3.50. The first-order valence-corrected chi connectivity index (χ1v) is 9.09. The fraction of sp³-hybridized carbons (Fsp3) is 0.118. The van der Waals surface area contributed by atoms with Crippen LogP contribution in [-0.4, -0.2) is 29.7 Å². The van der Waals surface area contributed by atoms with Crippen molar-refractivity contribution >= 4 is 34.3 Å². The molecule has 0 amide bonds. The standard InChI is InChI=1S/C17H13ClN6OS/c1-24-15(10-4-6-19-7-5-10)22-23-17(24)26-9-14-20-13-8-11(18)2-3-12(13)16(25)21-14/h2-8H,9H2,1H3,(H,20,21,25). The maximum atomic E-state index is 12.2. The Labute approximate surface area is 157 Å². The van der Waals surface area contributed by atoms with Gasteiger partial charge in [0.2, 0.25) is 0 Å². The number of nitrogens with zero attached hydrogens (tertiary/aromatic N) is 5. The molecule has 4 aromatic rings. The maximum absolute atomic E-state index is 12.2. The molecule has 0 atom stereocenters. The van der Waals surface area contributed by atoms with Gasteiger partial charge < -0.3 is 9.55 Å². The van der Waals surface area contributed by atoms with E-state index in [1.165, 1.54) is 11.8 Å². The number of benzene rings is 1. The smallest absolute Gasteiger partial charge is 0.258 e. The average Bonchev–Trinajstić information content (AvgIpc) is 3.01. The summed E-state index contributed by atoms with van der Waals surface area (Å²) >= 11 is 7.44. The number of H-pyrrole nitrogens is 1. The van der Waals surface area contributed by atoms with E-state index in [0.717, 1.165) is 16.5 Å². The molecule has 4 rings (SSSR count). The molecule has 0 bridgehead atoms. The Morgan fingerprint density at radius 2 is 2.00 bits per heavy atom. The van der Waals surface area contributed by atoms with Crippen molar-refractivity contribution in [1.82, 2.24) is 29.7 Å². The van der Waals surface area contributed by atoms with E-state index in [4.69, 9.17) is 11.6 Å². The topological polar surface area (TPSA) is 89.4 Å². The van der Waals surface area contributed by atoms with Crippen molar-refractivity contribution in [2.24, 2.45) is 7.05 Å². The summed E-state index contributed by atoms with van der Waals surface area (Å²) in [7, 11) is 1.90. The third-order valence-electron chi connectivity index (χ3n) is 3.83. The predicted octanol–water partition coefficient (Wildman–Crippen LogP) is 3.06. The molecule has 0 spiro atoms. The zero-order chi connectivity index (χ0) is 18.1. The van der Waals surface area contributed by atoms with Crippen LogP contribution in [0.5, 0.6) is 0 Å². The molecule has 0 unspecified atom stereocenters. The number of rotatable bonds is 4. The minimum absolute atomic E-state index is 0.183. The molecule has 0 radical (unpaired) electrons. The first-order valence-electron chi connectivity index (χ1n) is 7.73. The number of pyridine rings is 1. The summed E-state index contributed by atoms with van der Waals surface area (Å²) < 4.78 is 1.90. The van der Waals surface area contributed by atoms with Gasteiger partial charge in [0.15, 0.2) is 11.0 Å². The van der Waals surface area contributed by atoms with Gasteiger partial charge in [-0.15, -0.1) is 10.2 Å². The fourth-order valence-electron chi connectivity index (χ4n) is 2.56. The number of hydrogen-bond donors (Lipinski definition) is 1. The van der Waals surface area contributed by atoms with Crippen LogP contribution < -0.4 is 5.56 Å². The van der Waals surface area contributed by atoms with Crippen molar-refractivity contribution in [2.45, 2.75) is 10.9 Å². The second-order valence-corrected chi connectivity index (χ2v) is 6.94. The lowest BCUT2D eigenvalue weighted by Crippen LogP contribution is -2.11. The van der Waals surface area contributed by atoms with Crippen molar-refractivity contribution < 1.29 is 0 Å². The highest BCUT2D eigenvalue weighted by Gasteiger charge is 2.12. The van der Waals surface area contributed by atoms with Crippen molar-refractivity contribution in [1.29, 1.82) is 0 Å². The Bertz CT molecular complexity index is 1140. The van der Waals surface area contributed by atoms with Crippen LogP contribution in [0.3, 0.4) is 0 Å². The zero-order valence-electron chi connectivity index (χ0n) is 13.7. The first-order chi connectivity index (χ1) is 12.6. The number of aromatic amines is 1. The summed E-state index contributed by atoms with van der Waals surface area (Å²) in [6.45, 7) is 0. The van der Waals surface area contributed by atoms with Crippen molar-refractivity contribution in [2.75, 3.05) is 0 Å². The molecule has 1 aromatic carbocycles. The zero-order valence-corrected chi connectivity index (χ0v) is 15.3. The summed E-state index contributed by atoms with van der Waals surface area (Å²) in [5.41, 5.74) is 1.33. The molecule has 0 aliphatic carbocycles. The van der Waals surface area contributed by atoms with Gasteiger partial charge in [-0.2, -0.15) is 0 Å². The van der Waals surface area contributed by atoms with Crippen molar-refractivity contribution in [3.05, 3.63) is 63.9 Å².